The van der Waals surface area contributed by atoms with Crippen molar-refractivity contribution in [2.75, 3.05) is 18.9 Å². The molecule has 11 heteroatoms. The molecule has 2 N–H and O–H groups in total. The van der Waals surface area contributed by atoms with Crippen molar-refractivity contribution in [3.63, 3.8) is 0 Å². The number of carbonyl (C=O) groups excluding carboxylic acids is 2. The zero-order valence-electron chi connectivity index (χ0n) is 23.3. The van der Waals surface area contributed by atoms with Crippen LogP contribution in [0.1, 0.15) is 70.8 Å². The Balaban J connectivity index is 1.17. The maximum Gasteiger partial charge on any atom is 0.508 e. The predicted molar refractivity (Wildman–Crippen MR) is 143 cm³/mol. The average Bonchev–Trinajstić information content (AvgIpc) is 3.47. The Hall–Kier alpha value is -3.39. The maximum atomic E-state index is 12.8. The van der Waals surface area contributed by atoms with Crippen molar-refractivity contribution >= 4 is 29.1 Å². The molecule has 2 aromatic rings. The second kappa shape index (κ2) is 9.91. The molecule has 5 fully saturated rings. The molecule has 2 aromatic heterocycles. The van der Waals surface area contributed by atoms with Gasteiger partial charge in [-0.1, -0.05) is 19.8 Å². The van der Waals surface area contributed by atoms with Crippen LogP contribution in [0.4, 0.5) is 10.6 Å². The fraction of sp³-hybridized carbons (Fsp3) is 0.690. The van der Waals surface area contributed by atoms with Crippen molar-refractivity contribution in [2.45, 2.75) is 83.6 Å². The highest BCUT2D eigenvalue weighted by atomic mass is 16.7. The number of nitrogens with zero attached hydrogens (tertiary/aromatic N) is 4. The first-order valence-electron chi connectivity index (χ1n) is 14.2. The van der Waals surface area contributed by atoms with Crippen LogP contribution < -0.4 is 5.73 Å². The van der Waals surface area contributed by atoms with Crippen LogP contribution in [0.25, 0.3) is 11.2 Å². The van der Waals surface area contributed by atoms with Gasteiger partial charge in [-0.05, 0) is 63.2 Å². The summed E-state index contributed by atoms with van der Waals surface area (Å²) in [6, 6.07) is 0. The number of ether oxygens (including phenoxy) is 4. The highest BCUT2D eigenvalue weighted by Gasteiger charge is 2.54. The summed E-state index contributed by atoms with van der Waals surface area (Å²) in [4.78, 5) is 38.4. The second-order valence-electron chi connectivity index (χ2n) is 12.6. The molecule has 1 aliphatic heterocycles. The van der Waals surface area contributed by atoms with E-state index >= 15 is 0 Å². The molecular weight excluding hydrogens is 514 g/mol. The van der Waals surface area contributed by atoms with Gasteiger partial charge in [-0.2, -0.15) is 0 Å². The molecule has 0 spiro atoms. The van der Waals surface area contributed by atoms with Gasteiger partial charge >= 0.3 is 12.1 Å². The summed E-state index contributed by atoms with van der Waals surface area (Å²) in [5.74, 6) is 4.77. The summed E-state index contributed by atoms with van der Waals surface area (Å²) in [5.41, 5.74) is 5.46. The smallest absolute Gasteiger partial charge is 0.458 e. The van der Waals surface area contributed by atoms with Crippen LogP contribution in [0, 0.1) is 48.4 Å². The molecule has 0 radical (unpaired) electrons. The van der Waals surface area contributed by atoms with Crippen molar-refractivity contribution in [1.29, 1.82) is 0 Å². The summed E-state index contributed by atoms with van der Waals surface area (Å²) in [7, 11) is 0. The highest BCUT2D eigenvalue weighted by molar-refractivity contribution is 5.81. The molecule has 0 amide bonds. The molecule has 4 saturated carbocycles. The van der Waals surface area contributed by atoms with Gasteiger partial charge in [0.1, 0.15) is 36.9 Å². The number of rotatable bonds is 7. The lowest BCUT2D eigenvalue weighted by Crippen LogP contribution is -2.49. The van der Waals surface area contributed by atoms with Crippen molar-refractivity contribution < 1.29 is 28.5 Å². The molecule has 214 valence electrons. The van der Waals surface area contributed by atoms with E-state index in [1.54, 1.807) is 25.3 Å². The van der Waals surface area contributed by atoms with E-state index in [-0.39, 0.29) is 30.2 Å². The number of carbonyl (C=O) groups is 2. The number of nitrogens with two attached hydrogens (primary N) is 1. The number of anilines is 1. The minimum atomic E-state index is -1.53. The normalized spacial score (nSPS) is 34.2. The zero-order chi connectivity index (χ0) is 28.2. The van der Waals surface area contributed by atoms with Crippen molar-refractivity contribution in [1.82, 2.24) is 19.5 Å². The zero-order valence-corrected chi connectivity index (χ0v) is 23.3. The third-order valence-corrected chi connectivity index (χ3v) is 9.19. The summed E-state index contributed by atoms with van der Waals surface area (Å²) < 4.78 is 25.0. The van der Waals surface area contributed by atoms with Crippen LogP contribution in [0.3, 0.4) is 0 Å². The van der Waals surface area contributed by atoms with E-state index in [2.05, 4.69) is 20.9 Å². The molecule has 0 aromatic carbocycles. The molecule has 4 bridgehead atoms. The van der Waals surface area contributed by atoms with Gasteiger partial charge in [-0.3, -0.25) is 9.36 Å². The molecule has 11 nitrogen and oxygen atoms in total. The van der Waals surface area contributed by atoms with E-state index in [4.69, 9.17) is 31.1 Å². The van der Waals surface area contributed by atoms with Gasteiger partial charge in [0.15, 0.2) is 11.5 Å². The lowest BCUT2D eigenvalue weighted by Gasteiger charge is -2.56. The van der Waals surface area contributed by atoms with E-state index in [9.17, 15) is 9.59 Å². The van der Waals surface area contributed by atoms with Crippen LogP contribution in [-0.2, 0) is 23.7 Å². The average molecular weight is 552 g/mol. The van der Waals surface area contributed by atoms with E-state index in [0.29, 0.717) is 23.6 Å². The summed E-state index contributed by atoms with van der Waals surface area (Å²) in [6.07, 6.45) is 12.6. The standard InChI is InChI=1S/C29H37N5O6/c1-5-29(14-38-27(36)37-13-28-10-18-6-19(11-28)8-20(7-18)12-28)21(39-26(35)16(2)3)9-22(40-29)34-15-31-23-24(30)32-17(4)33-25(23)34/h1,15-16,18-22H,6-14H2,2-4H3,(H2,30,32,33)/t18?,19?,20?,21-,22+,28?,29+/m0/s1. The van der Waals surface area contributed by atoms with Gasteiger partial charge in [0, 0.05) is 11.8 Å². The number of esters is 1. The molecule has 3 heterocycles. The van der Waals surface area contributed by atoms with Crippen LogP contribution in [0.2, 0.25) is 0 Å². The molecule has 5 aliphatic rings. The molecule has 40 heavy (non-hydrogen) atoms. The largest absolute Gasteiger partial charge is 0.508 e. The molecule has 3 atom stereocenters. The Morgan fingerprint density at radius 1 is 1.12 bits per heavy atom. The Kier molecular flexibility index (Phi) is 6.64. The number of aryl methyl sites for hydroxylation is 1. The number of fused-ring (bicyclic) bond motifs is 1. The Labute approximate surface area is 233 Å². The summed E-state index contributed by atoms with van der Waals surface area (Å²) in [6.45, 7) is 5.22. The van der Waals surface area contributed by atoms with E-state index < -0.39 is 30.1 Å². The lowest BCUT2D eigenvalue weighted by atomic mass is 9.50. The van der Waals surface area contributed by atoms with Gasteiger partial charge in [-0.25, -0.2) is 19.7 Å². The van der Waals surface area contributed by atoms with Crippen molar-refractivity contribution in [3.8, 4) is 12.3 Å². The maximum absolute atomic E-state index is 12.8. The summed E-state index contributed by atoms with van der Waals surface area (Å²) in [5, 5.41) is 0. The minimum Gasteiger partial charge on any atom is -0.458 e. The lowest BCUT2D eigenvalue weighted by molar-refractivity contribution is -0.163. The van der Waals surface area contributed by atoms with Gasteiger partial charge < -0.3 is 24.7 Å². The number of hydrogen-bond donors (Lipinski definition) is 1. The number of aromatic nitrogens is 4. The highest BCUT2D eigenvalue weighted by Crippen LogP contribution is 2.60. The van der Waals surface area contributed by atoms with E-state index in [1.807, 2.05) is 0 Å². The topological polar surface area (TPSA) is 141 Å². The molecule has 1 saturated heterocycles. The second-order valence-corrected chi connectivity index (χ2v) is 12.6. The van der Waals surface area contributed by atoms with Crippen LogP contribution in [0.15, 0.2) is 6.33 Å². The quantitative estimate of drug-likeness (QED) is 0.397. The Bertz CT molecular complexity index is 1330. The van der Waals surface area contributed by atoms with E-state index in [0.717, 1.165) is 37.0 Å². The first-order valence-corrected chi connectivity index (χ1v) is 14.2. The monoisotopic (exact) mass is 551 g/mol. The molecular formula is C29H37N5O6. The number of imidazole rings is 1. The third kappa shape index (κ3) is 4.76. The third-order valence-electron chi connectivity index (χ3n) is 9.19. The van der Waals surface area contributed by atoms with Crippen molar-refractivity contribution in [3.05, 3.63) is 12.2 Å². The SMILES string of the molecule is C#C[C@]1(COC(=O)OCC23CC4CC(CC(C4)C2)C3)O[C@@H](n2cnc3c(N)nc(C)nc32)C[C@@H]1OC(=O)C(C)C. The number of terminal acetylenes is 1. The van der Waals surface area contributed by atoms with Gasteiger partial charge in [0.2, 0.25) is 5.60 Å². The first-order chi connectivity index (χ1) is 19.1. The molecule has 7 rings (SSSR count). The van der Waals surface area contributed by atoms with Gasteiger partial charge in [0.25, 0.3) is 0 Å². The Morgan fingerprint density at radius 3 is 2.40 bits per heavy atom. The van der Waals surface area contributed by atoms with Crippen LogP contribution in [-0.4, -0.2) is 56.6 Å². The Morgan fingerprint density at radius 2 is 1.77 bits per heavy atom. The molecule has 4 aliphatic carbocycles. The minimum absolute atomic E-state index is 0.0617. The van der Waals surface area contributed by atoms with Gasteiger partial charge in [-0.15, -0.1) is 6.42 Å². The van der Waals surface area contributed by atoms with Crippen molar-refractivity contribution in [2.24, 2.45) is 29.1 Å². The van der Waals surface area contributed by atoms with Crippen LogP contribution >= 0.6 is 0 Å². The van der Waals surface area contributed by atoms with Crippen LogP contribution in [0.5, 0.6) is 0 Å². The predicted octanol–water partition coefficient (Wildman–Crippen LogP) is 3.95. The van der Waals surface area contributed by atoms with Gasteiger partial charge in [0.05, 0.1) is 12.2 Å². The first kappa shape index (κ1) is 26.8. The van der Waals surface area contributed by atoms with E-state index in [1.165, 1.54) is 25.6 Å². The number of hydrogen-bond acceptors (Lipinski definition) is 10. The molecule has 0 unspecified atom stereocenters. The number of nitrogen functional groups attached to an aromatic ring is 1. The summed E-state index contributed by atoms with van der Waals surface area (Å²) >= 11 is 0. The fourth-order valence-corrected chi connectivity index (χ4v) is 7.77. The fourth-order valence-electron chi connectivity index (χ4n) is 7.77.